The van der Waals surface area contributed by atoms with E-state index in [0.717, 1.165) is 0 Å². The molecule has 0 radical (unpaired) electrons. The molecule has 20 heavy (non-hydrogen) atoms. The summed E-state index contributed by atoms with van der Waals surface area (Å²) in [5.41, 5.74) is 6.28. The maximum absolute atomic E-state index is 9.10. The van der Waals surface area contributed by atoms with Gasteiger partial charge < -0.3 is 31.0 Å². The number of carboxylic acids is 2. The molecule has 0 aromatic heterocycles. The van der Waals surface area contributed by atoms with Crippen LogP contribution in [0, 0.1) is 5.41 Å². The molecule has 0 saturated carbocycles. The van der Waals surface area contributed by atoms with E-state index in [-0.39, 0.29) is 0 Å². The summed E-state index contributed by atoms with van der Waals surface area (Å²) in [6.45, 7) is 6.68. The smallest absolute Gasteiger partial charge is 0.473 e. The van der Waals surface area contributed by atoms with Crippen molar-refractivity contribution in [2.75, 3.05) is 0 Å². The monoisotopic (exact) mass is 407 g/mol. The van der Waals surface area contributed by atoms with E-state index >= 15 is 0 Å². The van der Waals surface area contributed by atoms with Gasteiger partial charge in [0.15, 0.2) is 0 Å². The van der Waals surface area contributed by atoms with E-state index in [1.165, 1.54) is 19.3 Å². The Morgan fingerprint density at radius 3 is 1.25 bits per heavy atom. The van der Waals surface area contributed by atoms with Crippen LogP contribution in [-0.2, 0) is 9.59 Å². The minimum atomic E-state index is -2.17. The van der Waals surface area contributed by atoms with Gasteiger partial charge in [-0.25, -0.2) is 9.59 Å². The largest absolute Gasteiger partial charge is 0.631 e. The first-order valence-corrected chi connectivity index (χ1v) is 7.15. The number of hydrogen-bond donors (Lipinski definition) is 6. The van der Waals surface area contributed by atoms with E-state index < -0.39 is 19.3 Å². The molecule has 0 spiro atoms. The molecular formula is C10H23BINO7. The SMILES string of the molecule is CCC(CC)(CC)C(N)I.O=C(O)C(=O)O.OB(O)O. The minimum Gasteiger partial charge on any atom is -0.473 e. The Hall–Kier alpha value is -0.425. The number of alkyl halides is 1. The quantitative estimate of drug-likeness (QED) is 0.125. The van der Waals surface area contributed by atoms with Crippen LogP contribution in [0.1, 0.15) is 40.0 Å². The van der Waals surface area contributed by atoms with Crippen LogP contribution in [0.5, 0.6) is 0 Å². The number of nitrogens with two attached hydrogens (primary N) is 1. The predicted molar refractivity (Wildman–Crippen MR) is 83.0 cm³/mol. The zero-order chi connectivity index (χ0) is 16.9. The van der Waals surface area contributed by atoms with Crippen LogP contribution in [0.4, 0.5) is 0 Å². The second kappa shape index (κ2) is 13.6. The number of halogens is 1. The summed E-state index contributed by atoms with van der Waals surface area (Å²) in [6, 6.07) is 0. The van der Waals surface area contributed by atoms with Crippen molar-refractivity contribution in [1.82, 2.24) is 0 Å². The van der Waals surface area contributed by atoms with Crippen molar-refractivity contribution >= 4 is 41.9 Å². The van der Waals surface area contributed by atoms with Crippen molar-refractivity contribution in [3.8, 4) is 0 Å². The highest BCUT2D eigenvalue weighted by Gasteiger charge is 2.29. The molecule has 0 aromatic carbocycles. The normalized spacial score (nSPS) is 11.2. The van der Waals surface area contributed by atoms with E-state index in [4.69, 9.17) is 40.6 Å². The van der Waals surface area contributed by atoms with E-state index in [1.807, 2.05) is 0 Å². The molecule has 0 aliphatic heterocycles. The van der Waals surface area contributed by atoms with Crippen molar-refractivity contribution in [1.29, 1.82) is 0 Å². The molecule has 7 N–H and O–H groups in total. The van der Waals surface area contributed by atoms with Gasteiger partial charge in [0.2, 0.25) is 0 Å². The molecule has 1 unspecified atom stereocenters. The number of carboxylic acid groups (broad SMARTS) is 2. The molecule has 0 aliphatic carbocycles. The summed E-state index contributed by atoms with van der Waals surface area (Å²) in [4.78, 5) is 18.2. The summed E-state index contributed by atoms with van der Waals surface area (Å²) in [6.07, 6.45) is 3.60. The maximum atomic E-state index is 9.10. The lowest BCUT2D eigenvalue weighted by atomic mass is 9.80. The Balaban J connectivity index is -0.000000246. The average Bonchev–Trinajstić information content (AvgIpc) is 2.31. The van der Waals surface area contributed by atoms with Crippen LogP contribution in [0.2, 0.25) is 0 Å². The Morgan fingerprint density at radius 1 is 1.05 bits per heavy atom. The third kappa shape index (κ3) is 14.0. The highest BCUT2D eigenvalue weighted by Crippen LogP contribution is 2.35. The number of rotatable bonds is 4. The zero-order valence-corrected chi connectivity index (χ0v) is 13.9. The van der Waals surface area contributed by atoms with E-state index in [2.05, 4.69) is 43.4 Å². The molecule has 0 heterocycles. The Labute approximate surface area is 132 Å². The lowest BCUT2D eigenvalue weighted by Crippen LogP contribution is -2.35. The fourth-order valence-corrected chi connectivity index (χ4v) is 2.66. The summed E-state index contributed by atoms with van der Waals surface area (Å²) in [5.74, 6) is -3.65. The fourth-order valence-electron chi connectivity index (χ4n) is 1.34. The van der Waals surface area contributed by atoms with E-state index in [1.54, 1.807) is 0 Å². The topological polar surface area (TPSA) is 161 Å². The Kier molecular flexibility index (Phi) is 16.7. The maximum Gasteiger partial charge on any atom is 0.631 e. The molecular weight excluding hydrogens is 384 g/mol. The van der Waals surface area contributed by atoms with Gasteiger partial charge in [-0.3, -0.25) is 0 Å². The second-order valence-corrected chi connectivity index (χ2v) is 5.12. The first-order valence-electron chi connectivity index (χ1n) is 5.90. The van der Waals surface area contributed by atoms with E-state index in [9.17, 15) is 0 Å². The molecule has 10 heteroatoms. The van der Waals surface area contributed by atoms with Gasteiger partial charge in [-0.1, -0.05) is 43.4 Å². The fraction of sp³-hybridized carbons (Fsp3) is 0.800. The van der Waals surface area contributed by atoms with Crippen LogP contribution in [-0.4, -0.2) is 48.6 Å². The molecule has 0 amide bonds. The van der Waals surface area contributed by atoms with Crippen LogP contribution >= 0.6 is 22.6 Å². The molecule has 0 bridgehead atoms. The number of aliphatic carboxylic acids is 2. The van der Waals surface area contributed by atoms with Gasteiger partial charge >= 0.3 is 19.3 Å². The summed E-state index contributed by atoms with van der Waals surface area (Å²) in [7, 11) is -2.17. The lowest BCUT2D eigenvalue weighted by molar-refractivity contribution is -0.159. The van der Waals surface area contributed by atoms with Gasteiger partial charge in [0.05, 0.1) is 4.05 Å². The molecule has 0 saturated heterocycles. The molecule has 1 atom stereocenters. The minimum absolute atomic E-state index is 0.310. The van der Waals surface area contributed by atoms with Crippen LogP contribution < -0.4 is 5.73 Å². The third-order valence-corrected chi connectivity index (χ3v) is 4.20. The van der Waals surface area contributed by atoms with Gasteiger partial charge in [-0.05, 0) is 24.7 Å². The molecule has 0 rings (SSSR count). The Morgan fingerprint density at radius 2 is 1.25 bits per heavy atom. The first-order chi connectivity index (χ1) is 9.00. The summed E-state index contributed by atoms with van der Waals surface area (Å²) < 4.78 is 0.310. The molecule has 8 nitrogen and oxygen atoms in total. The van der Waals surface area contributed by atoms with Gasteiger partial charge in [0, 0.05) is 0 Å². The van der Waals surface area contributed by atoms with Gasteiger partial charge in [0.1, 0.15) is 0 Å². The van der Waals surface area contributed by atoms with Crippen molar-refractivity contribution in [2.24, 2.45) is 11.1 Å². The molecule has 0 aromatic rings. The van der Waals surface area contributed by atoms with Crippen molar-refractivity contribution in [3.05, 3.63) is 0 Å². The summed E-state index contributed by atoms with van der Waals surface area (Å²) >= 11 is 2.34. The van der Waals surface area contributed by atoms with Gasteiger partial charge in [0.25, 0.3) is 0 Å². The summed E-state index contributed by atoms with van der Waals surface area (Å²) in [5, 5.41) is 36.3. The first kappa shape index (κ1) is 24.6. The van der Waals surface area contributed by atoms with E-state index in [0.29, 0.717) is 9.46 Å². The second-order valence-electron chi connectivity index (χ2n) is 3.78. The van der Waals surface area contributed by atoms with Gasteiger partial charge in [-0.2, -0.15) is 0 Å². The third-order valence-electron chi connectivity index (χ3n) is 2.88. The average molecular weight is 407 g/mol. The van der Waals surface area contributed by atoms with Crippen LogP contribution in [0.25, 0.3) is 0 Å². The predicted octanol–water partition coefficient (Wildman–Crippen LogP) is 0.0264. The van der Waals surface area contributed by atoms with Crippen molar-refractivity contribution in [2.45, 2.75) is 44.1 Å². The highest BCUT2D eigenvalue weighted by molar-refractivity contribution is 14.1. The standard InChI is InChI=1S/C8H18IN.C2H2O4.BH3O3/c1-4-8(5-2,6-3)7(9)10;3-1(4)2(5)6;2-1(3)4/h7H,4-6,10H2,1-3H3;(H,3,4)(H,5,6);2-4H. The Bertz CT molecular complexity index is 249. The highest BCUT2D eigenvalue weighted by atomic mass is 127. The van der Waals surface area contributed by atoms with Gasteiger partial charge in [-0.15, -0.1) is 0 Å². The molecule has 120 valence electrons. The molecule has 0 fully saturated rings. The number of carbonyl (C=O) groups is 2. The number of hydrogen-bond acceptors (Lipinski definition) is 6. The van der Waals surface area contributed by atoms with Crippen LogP contribution in [0.15, 0.2) is 0 Å². The van der Waals surface area contributed by atoms with Crippen molar-refractivity contribution < 1.29 is 34.9 Å². The van der Waals surface area contributed by atoms with Crippen molar-refractivity contribution in [3.63, 3.8) is 0 Å². The molecule has 0 aliphatic rings. The zero-order valence-electron chi connectivity index (χ0n) is 11.8. The van der Waals surface area contributed by atoms with Crippen LogP contribution in [0.3, 0.4) is 0 Å². The lowest BCUT2D eigenvalue weighted by Gasteiger charge is -2.33.